The van der Waals surface area contributed by atoms with Gasteiger partial charge in [0.2, 0.25) is 0 Å². The summed E-state index contributed by atoms with van der Waals surface area (Å²) in [7, 11) is 0. The van der Waals surface area contributed by atoms with Crippen molar-refractivity contribution in [1.82, 2.24) is 16.0 Å². The van der Waals surface area contributed by atoms with Crippen LogP contribution in [0.5, 0.6) is 0 Å². The topological polar surface area (TPSA) is 62.4 Å². The summed E-state index contributed by atoms with van der Waals surface area (Å²) < 4.78 is 15.4. The predicted octanol–water partition coefficient (Wildman–Crippen LogP) is 11.7. The Labute approximate surface area is 297 Å². The first kappa shape index (κ1) is 29.0. The van der Waals surface area contributed by atoms with Crippen LogP contribution in [0.3, 0.4) is 0 Å². The van der Waals surface area contributed by atoms with Crippen LogP contribution in [0.15, 0.2) is 160 Å². The van der Waals surface area contributed by atoms with Crippen LogP contribution < -0.4 is 16.0 Å². The van der Waals surface area contributed by atoms with Gasteiger partial charge in [-0.15, -0.1) is 11.3 Å². The highest BCUT2D eigenvalue weighted by molar-refractivity contribution is 7.26. The predicted molar refractivity (Wildman–Crippen MR) is 210 cm³/mol. The molecular weight excluding hydrogens is 647 g/mol. The summed E-state index contributed by atoms with van der Waals surface area (Å²) in [5.74, 6) is 0. The molecule has 3 N–H and O–H groups in total. The molecule has 1 fully saturated rings. The summed E-state index contributed by atoms with van der Waals surface area (Å²) in [6.45, 7) is 0. The zero-order chi connectivity index (χ0) is 33.5. The van der Waals surface area contributed by atoms with E-state index in [1.807, 2.05) is 23.5 Å². The molecule has 3 aromatic heterocycles. The number of para-hydroxylation sites is 1. The molecule has 0 saturated carbocycles. The average Bonchev–Trinajstić information content (AvgIpc) is 3.88. The zero-order valence-electron chi connectivity index (χ0n) is 27.4. The minimum absolute atomic E-state index is 0.0910. The van der Waals surface area contributed by atoms with Crippen LogP contribution in [0, 0.1) is 0 Å². The maximum absolute atomic E-state index is 6.51. The number of fused-ring (bicyclic) bond motifs is 9. The molecule has 0 radical (unpaired) electrons. The third-order valence-corrected chi connectivity index (χ3v) is 11.6. The van der Waals surface area contributed by atoms with Crippen LogP contribution in [0.25, 0.3) is 75.2 Å². The molecule has 3 atom stereocenters. The summed E-state index contributed by atoms with van der Waals surface area (Å²) >= 11 is 1.86. The SMILES string of the molecule is c1ccc(C2NC(c3ccc4c(c3)oc3ccccc34)NC(c3ccc4oc5cccc(-c6cccc7c6sc6ccccc67)c5c4c3)N2)cc1. The first-order valence-corrected chi connectivity index (χ1v) is 18.2. The van der Waals surface area contributed by atoms with E-state index in [0.717, 1.165) is 55.0 Å². The Balaban J connectivity index is 1.04. The van der Waals surface area contributed by atoms with Crippen molar-refractivity contribution in [3.05, 3.63) is 168 Å². The van der Waals surface area contributed by atoms with Crippen molar-refractivity contribution in [1.29, 1.82) is 0 Å². The summed E-state index contributed by atoms with van der Waals surface area (Å²) in [6, 6.07) is 53.7. The summed E-state index contributed by atoms with van der Waals surface area (Å²) in [5.41, 5.74) is 9.40. The number of nitrogens with one attached hydrogen (secondary N) is 3. The second-order valence-electron chi connectivity index (χ2n) is 13.4. The summed E-state index contributed by atoms with van der Waals surface area (Å²) in [5, 5.41) is 18.7. The molecule has 244 valence electrons. The maximum atomic E-state index is 6.51. The van der Waals surface area contributed by atoms with E-state index in [4.69, 9.17) is 8.83 Å². The van der Waals surface area contributed by atoms with Gasteiger partial charge in [-0.3, -0.25) is 16.0 Å². The first-order chi connectivity index (χ1) is 25.2. The van der Waals surface area contributed by atoms with Crippen molar-refractivity contribution < 1.29 is 8.83 Å². The number of hydrogen-bond donors (Lipinski definition) is 3. The number of rotatable bonds is 4. The molecule has 7 aromatic carbocycles. The van der Waals surface area contributed by atoms with E-state index >= 15 is 0 Å². The number of furan rings is 2. The van der Waals surface area contributed by atoms with Crippen LogP contribution in [-0.2, 0) is 0 Å². The fourth-order valence-corrected chi connectivity index (χ4v) is 9.23. The second kappa shape index (κ2) is 11.4. The lowest BCUT2D eigenvalue weighted by molar-refractivity contribution is 0.203. The highest BCUT2D eigenvalue weighted by atomic mass is 32.1. The van der Waals surface area contributed by atoms with Gasteiger partial charge in [0.05, 0.1) is 18.5 Å². The number of thiophene rings is 1. The first-order valence-electron chi connectivity index (χ1n) is 17.4. The van der Waals surface area contributed by atoms with Gasteiger partial charge in [0.1, 0.15) is 22.3 Å². The van der Waals surface area contributed by atoms with Gasteiger partial charge in [-0.05, 0) is 58.7 Å². The van der Waals surface area contributed by atoms with Gasteiger partial charge in [0.15, 0.2) is 0 Å². The molecule has 0 spiro atoms. The standard InChI is InChI=1S/C45H31N3O2S/c1-2-10-26(11-3-1)43-46-44(48-45(47-43)28-20-22-30-29-12-4-6-17-36(29)50-39(30)25-28)27-21-23-37-35(24-27)41-32(14-9-18-38(41)49-37)34-16-8-15-33-31-13-5-7-19-40(31)51-42(33)34/h1-25,43-48H. The highest BCUT2D eigenvalue weighted by Gasteiger charge is 2.30. The van der Waals surface area contributed by atoms with Gasteiger partial charge in [-0.1, -0.05) is 115 Å². The monoisotopic (exact) mass is 677 g/mol. The normalized spacial score (nSPS) is 18.2. The lowest BCUT2D eigenvalue weighted by atomic mass is 9.96. The van der Waals surface area contributed by atoms with Gasteiger partial charge in [0.25, 0.3) is 0 Å². The van der Waals surface area contributed by atoms with Crippen molar-refractivity contribution in [2.45, 2.75) is 18.5 Å². The molecule has 11 rings (SSSR count). The Kier molecular flexibility index (Phi) is 6.48. The van der Waals surface area contributed by atoms with E-state index in [1.54, 1.807) is 0 Å². The lowest BCUT2D eigenvalue weighted by Crippen LogP contribution is -2.54. The van der Waals surface area contributed by atoms with E-state index in [-0.39, 0.29) is 18.5 Å². The molecule has 1 aliphatic heterocycles. The van der Waals surface area contributed by atoms with Crippen LogP contribution in [0.4, 0.5) is 0 Å². The van der Waals surface area contributed by atoms with Crippen molar-refractivity contribution in [2.75, 3.05) is 0 Å². The molecule has 5 nitrogen and oxygen atoms in total. The highest BCUT2D eigenvalue weighted by Crippen LogP contribution is 2.44. The van der Waals surface area contributed by atoms with Crippen LogP contribution in [0.1, 0.15) is 35.2 Å². The average molecular weight is 678 g/mol. The molecule has 51 heavy (non-hydrogen) atoms. The van der Waals surface area contributed by atoms with Crippen LogP contribution in [-0.4, -0.2) is 0 Å². The van der Waals surface area contributed by atoms with E-state index in [1.165, 1.54) is 36.9 Å². The third kappa shape index (κ3) is 4.65. The van der Waals surface area contributed by atoms with E-state index in [2.05, 4.69) is 155 Å². The maximum Gasteiger partial charge on any atom is 0.136 e. The molecule has 4 heterocycles. The van der Waals surface area contributed by atoms with Gasteiger partial charge >= 0.3 is 0 Å². The molecular formula is C45H31N3O2S. The van der Waals surface area contributed by atoms with Crippen molar-refractivity contribution in [2.24, 2.45) is 0 Å². The Morgan fingerprint density at radius 3 is 1.88 bits per heavy atom. The molecule has 0 bridgehead atoms. The quantitative estimate of drug-likeness (QED) is 0.173. The minimum atomic E-state index is -0.152. The van der Waals surface area contributed by atoms with Crippen LogP contribution in [0.2, 0.25) is 0 Å². The molecule has 0 amide bonds. The van der Waals surface area contributed by atoms with Crippen molar-refractivity contribution in [3.63, 3.8) is 0 Å². The molecule has 6 heteroatoms. The molecule has 1 saturated heterocycles. The Bertz CT molecular complexity index is 2940. The van der Waals surface area contributed by atoms with E-state index < -0.39 is 0 Å². The molecule has 1 aliphatic rings. The fraction of sp³-hybridized carbons (Fsp3) is 0.0667. The smallest absolute Gasteiger partial charge is 0.136 e. The van der Waals surface area contributed by atoms with Crippen molar-refractivity contribution >= 4 is 75.4 Å². The van der Waals surface area contributed by atoms with Gasteiger partial charge in [-0.25, -0.2) is 0 Å². The zero-order valence-corrected chi connectivity index (χ0v) is 28.2. The van der Waals surface area contributed by atoms with Gasteiger partial charge < -0.3 is 8.83 Å². The van der Waals surface area contributed by atoms with Crippen LogP contribution >= 0.6 is 11.3 Å². The van der Waals surface area contributed by atoms with Crippen molar-refractivity contribution in [3.8, 4) is 11.1 Å². The van der Waals surface area contributed by atoms with E-state index in [9.17, 15) is 0 Å². The van der Waals surface area contributed by atoms with Gasteiger partial charge in [0, 0.05) is 47.3 Å². The number of hydrogen-bond acceptors (Lipinski definition) is 6. The molecule has 3 unspecified atom stereocenters. The molecule has 0 aliphatic carbocycles. The third-order valence-electron chi connectivity index (χ3n) is 10.4. The second-order valence-corrected chi connectivity index (χ2v) is 14.4. The Hall–Kier alpha value is -5.76. The Morgan fingerprint density at radius 2 is 1.00 bits per heavy atom. The number of benzene rings is 7. The minimum Gasteiger partial charge on any atom is -0.456 e. The lowest BCUT2D eigenvalue weighted by Gasteiger charge is -2.39. The Morgan fingerprint density at radius 1 is 0.392 bits per heavy atom. The largest absolute Gasteiger partial charge is 0.456 e. The van der Waals surface area contributed by atoms with E-state index in [0.29, 0.717) is 0 Å². The molecule has 10 aromatic rings. The summed E-state index contributed by atoms with van der Waals surface area (Å²) in [6.07, 6.45) is -0.385. The summed E-state index contributed by atoms with van der Waals surface area (Å²) in [4.78, 5) is 0. The fourth-order valence-electron chi connectivity index (χ4n) is 8.00. The van der Waals surface area contributed by atoms with Gasteiger partial charge in [-0.2, -0.15) is 0 Å².